The molecule has 4 heteroatoms. The van der Waals surface area contributed by atoms with E-state index in [1.807, 2.05) is 6.20 Å². The Balaban J connectivity index is 1.56. The highest BCUT2D eigenvalue weighted by Crippen LogP contribution is 2.28. The van der Waals surface area contributed by atoms with Gasteiger partial charge >= 0.3 is 0 Å². The third kappa shape index (κ3) is 3.18. The summed E-state index contributed by atoms with van der Waals surface area (Å²) < 4.78 is 2.19. The molecule has 1 aromatic rings. The fourth-order valence-corrected chi connectivity index (χ4v) is 3.47. The van der Waals surface area contributed by atoms with Crippen LogP contribution in [0.25, 0.3) is 0 Å². The molecule has 1 atom stereocenters. The predicted octanol–water partition coefficient (Wildman–Crippen LogP) is 2.20. The van der Waals surface area contributed by atoms with Crippen molar-refractivity contribution >= 4 is 0 Å². The Kier molecular flexibility index (Phi) is 4.18. The molecule has 2 fully saturated rings. The number of aromatic nitrogens is 2. The van der Waals surface area contributed by atoms with Crippen LogP contribution < -0.4 is 0 Å². The molecule has 0 radical (unpaired) electrons. The van der Waals surface area contributed by atoms with Gasteiger partial charge in [-0.15, -0.1) is 0 Å². The van der Waals surface area contributed by atoms with Crippen LogP contribution in [0.4, 0.5) is 0 Å². The lowest BCUT2D eigenvalue weighted by Crippen LogP contribution is -2.20. The molecular weight excluding hydrogens is 238 g/mol. The summed E-state index contributed by atoms with van der Waals surface area (Å²) in [6.07, 6.45) is 12.1. The molecule has 1 aliphatic carbocycles. The van der Waals surface area contributed by atoms with E-state index in [9.17, 15) is 5.11 Å². The van der Waals surface area contributed by atoms with Crippen molar-refractivity contribution in [1.29, 1.82) is 0 Å². The Labute approximate surface area is 115 Å². The molecule has 1 saturated heterocycles. The third-order valence-corrected chi connectivity index (χ3v) is 4.64. The summed E-state index contributed by atoms with van der Waals surface area (Å²) in [6, 6.07) is 0.631. The van der Waals surface area contributed by atoms with Crippen molar-refractivity contribution in [1.82, 2.24) is 14.7 Å². The van der Waals surface area contributed by atoms with Gasteiger partial charge in [0.1, 0.15) is 0 Å². The van der Waals surface area contributed by atoms with E-state index in [0.29, 0.717) is 18.6 Å². The minimum atomic E-state index is 0.331. The van der Waals surface area contributed by atoms with E-state index in [4.69, 9.17) is 0 Å². The van der Waals surface area contributed by atoms with Crippen molar-refractivity contribution in [3.05, 3.63) is 18.0 Å². The zero-order valence-corrected chi connectivity index (χ0v) is 11.7. The molecule has 2 aliphatic rings. The first kappa shape index (κ1) is 13.1. The lowest BCUT2D eigenvalue weighted by molar-refractivity contribution is 0.220. The van der Waals surface area contributed by atoms with Crippen molar-refractivity contribution in [2.75, 3.05) is 19.7 Å². The summed E-state index contributed by atoms with van der Waals surface area (Å²) in [5, 5.41) is 13.7. The molecular formula is C15H25N3O. The standard InChI is InChI=1S/C15H25N3O/c19-12-13-6-7-17(9-13)10-14-8-16-18(11-14)15-4-2-1-3-5-15/h8,11,13,15,19H,1-7,9-10,12H2. The summed E-state index contributed by atoms with van der Waals surface area (Å²) in [6.45, 7) is 3.46. The first-order chi connectivity index (χ1) is 9.35. The quantitative estimate of drug-likeness (QED) is 0.905. The van der Waals surface area contributed by atoms with Crippen molar-refractivity contribution in [3.63, 3.8) is 0 Å². The van der Waals surface area contributed by atoms with Gasteiger partial charge in [-0.3, -0.25) is 9.58 Å². The number of hydrogen-bond acceptors (Lipinski definition) is 3. The van der Waals surface area contributed by atoms with Crippen LogP contribution in [-0.4, -0.2) is 39.5 Å². The number of aliphatic hydroxyl groups excluding tert-OH is 1. The SMILES string of the molecule is OCC1CCN(Cc2cnn(C3CCCCC3)c2)C1. The number of rotatable bonds is 4. The highest BCUT2D eigenvalue weighted by Gasteiger charge is 2.22. The molecule has 4 nitrogen and oxygen atoms in total. The van der Waals surface area contributed by atoms with Gasteiger partial charge in [-0.2, -0.15) is 5.10 Å². The van der Waals surface area contributed by atoms with Crippen molar-refractivity contribution in [2.45, 2.75) is 51.1 Å². The van der Waals surface area contributed by atoms with Crippen LogP contribution in [0.3, 0.4) is 0 Å². The van der Waals surface area contributed by atoms with Crippen molar-refractivity contribution in [3.8, 4) is 0 Å². The number of aliphatic hydroxyl groups is 1. The van der Waals surface area contributed by atoms with Gasteiger partial charge in [-0.05, 0) is 31.7 Å². The number of nitrogens with zero attached hydrogens (tertiary/aromatic N) is 3. The summed E-state index contributed by atoms with van der Waals surface area (Å²) >= 11 is 0. The predicted molar refractivity (Wildman–Crippen MR) is 74.8 cm³/mol. The average molecular weight is 263 g/mol. The van der Waals surface area contributed by atoms with Gasteiger partial charge in [0.15, 0.2) is 0 Å². The van der Waals surface area contributed by atoms with Gasteiger partial charge in [0, 0.05) is 31.5 Å². The topological polar surface area (TPSA) is 41.3 Å². The Hall–Kier alpha value is -0.870. The van der Waals surface area contributed by atoms with Crippen LogP contribution in [-0.2, 0) is 6.54 Å². The smallest absolute Gasteiger partial charge is 0.0534 e. The third-order valence-electron chi connectivity index (χ3n) is 4.64. The molecule has 2 heterocycles. The van der Waals surface area contributed by atoms with E-state index in [1.54, 1.807) is 0 Å². The van der Waals surface area contributed by atoms with E-state index < -0.39 is 0 Å². The molecule has 1 aromatic heterocycles. The summed E-state index contributed by atoms with van der Waals surface area (Å²) in [5.41, 5.74) is 1.32. The van der Waals surface area contributed by atoms with Crippen LogP contribution in [0, 0.1) is 5.92 Å². The molecule has 0 amide bonds. The molecule has 1 saturated carbocycles. The monoisotopic (exact) mass is 263 g/mol. The van der Waals surface area contributed by atoms with Gasteiger partial charge in [0.25, 0.3) is 0 Å². The Bertz CT molecular complexity index is 398. The van der Waals surface area contributed by atoms with Crippen LogP contribution >= 0.6 is 0 Å². The zero-order valence-electron chi connectivity index (χ0n) is 11.7. The van der Waals surface area contributed by atoms with E-state index in [2.05, 4.69) is 20.9 Å². The maximum Gasteiger partial charge on any atom is 0.0534 e. The summed E-state index contributed by atoms with van der Waals surface area (Å²) in [7, 11) is 0. The first-order valence-corrected chi connectivity index (χ1v) is 7.71. The van der Waals surface area contributed by atoms with Gasteiger partial charge in [0.2, 0.25) is 0 Å². The second kappa shape index (κ2) is 6.06. The van der Waals surface area contributed by atoms with Gasteiger partial charge in [0.05, 0.1) is 12.2 Å². The van der Waals surface area contributed by atoms with Crippen molar-refractivity contribution < 1.29 is 5.11 Å². The Morgan fingerprint density at radius 2 is 2.05 bits per heavy atom. The van der Waals surface area contributed by atoms with E-state index in [0.717, 1.165) is 26.1 Å². The van der Waals surface area contributed by atoms with Crippen LogP contribution in [0.2, 0.25) is 0 Å². The number of likely N-dealkylation sites (tertiary alicyclic amines) is 1. The van der Waals surface area contributed by atoms with E-state index in [1.165, 1.54) is 37.7 Å². The lowest BCUT2D eigenvalue weighted by Gasteiger charge is -2.21. The highest BCUT2D eigenvalue weighted by molar-refractivity contribution is 5.05. The fraction of sp³-hybridized carbons (Fsp3) is 0.800. The molecule has 3 rings (SSSR count). The normalized spacial score (nSPS) is 26.1. The van der Waals surface area contributed by atoms with Gasteiger partial charge in [-0.1, -0.05) is 19.3 Å². The molecule has 1 N–H and O–H groups in total. The second-order valence-electron chi connectivity index (χ2n) is 6.19. The number of hydrogen-bond donors (Lipinski definition) is 1. The highest BCUT2D eigenvalue weighted by atomic mass is 16.3. The largest absolute Gasteiger partial charge is 0.396 e. The molecule has 1 aliphatic heterocycles. The second-order valence-corrected chi connectivity index (χ2v) is 6.19. The molecule has 1 unspecified atom stereocenters. The van der Waals surface area contributed by atoms with E-state index >= 15 is 0 Å². The minimum Gasteiger partial charge on any atom is -0.396 e. The molecule has 0 aromatic carbocycles. The zero-order chi connectivity index (χ0) is 13.1. The van der Waals surface area contributed by atoms with Crippen LogP contribution in [0.5, 0.6) is 0 Å². The molecule has 0 bridgehead atoms. The fourth-order valence-electron chi connectivity index (χ4n) is 3.47. The van der Waals surface area contributed by atoms with E-state index in [-0.39, 0.29) is 0 Å². The Morgan fingerprint density at radius 1 is 1.21 bits per heavy atom. The van der Waals surface area contributed by atoms with Crippen LogP contribution in [0.1, 0.15) is 50.1 Å². The summed E-state index contributed by atoms with van der Waals surface area (Å²) in [4.78, 5) is 2.43. The molecule has 19 heavy (non-hydrogen) atoms. The van der Waals surface area contributed by atoms with Crippen LogP contribution in [0.15, 0.2) is 12.4 Å². The maximum absolute atomic E-state index is 9.18. The van der Waals surface area contributed by atoms with Crippen molar-refractivity contribution in [2.24, 2.45) is 5.92 Å². The lowest BCUT2D eigenvalue weighted by atomic mass is 9.96. The maximum atomic E-state index is 9.18. The average Bonchev–Trinajstić information content (AvgIpc) is 3.09. The summed E-state index contributed by atoms with van der Waals surface area (Å²) in [5.74, 6) is 0.480. The Morgan fingerprint density at radius 3 is 2.79 bits per heavy atom. The van der Waals surface area contributed by atoms with Gasteiger partial charge in [-0.25, -0.2) is 0 Å². The molecule has 106 valence electrons. The van der Waals surface area contributed by atoms with Gasteiger partial charge < -0.3 is 5.11 Å². The molecule has 0 spiro atoms. The first-order valence-electron chi connectivity index (χ1n) is 7.71. The minimum absolute atomic E-state index is 0.331.